The van der Waals surface area contributed by atoms with Gasteiger partial charge in [0.05, 0.1) is 0 Å². The van der Waals surface area contributed by atoms with Crippen LogP contribution in [0.1, 0.15) is 30.7 Å². The van der Waals surface area contributed by atoms with Crippen LogP contribution in [0.25, 0.3) is 0 Å². The van der Waals surface area contributed by atoms with Crippen LogP contribution >= 0.6 is 11.3 Å². The van der Waals surface area contributed by atoms with E-state index in [1.54, 1.807) is 12.1 Å². The number of rotatable bonds is 7. The largest absolute Gasteiger partial charge is 0.508 e. The molecule has 0 aliphatic carbocycles. The standard InChI is InChI=1S/C17H23NOS/c1-13(5-6-15-7-9-16(19)10-8-15)18-14(2)12-17-4-3-11-20-17/h3-4,7-11,13-14,18-19H,5-6,12H2,1-2H3. The maximum Gasteiger partial charge on any atom is 0.115 e. The third-order valence-corrected chi connectivity index (χ3v) is 4.36. The van der Waals surface area contributed by atoms with Gasteiger partial charge in [-0.1, -0.05) is 18.2 Å². The number of hydrogen-bond acceptors (Lipinski definition) is 3. The Balaban J connectivity index is 1.71. The number of aromatic hydroxyl groups is 1. The first-order chi connectivity index (χ1) is 9.63. The quantitative estimate of drug-likeness (QED) is 0.807. The molecule has 2 nitrogen and oxygen atoms in total. The lowest BCUT2D eigenvalue weighted by molar-refractivity contribution is 0.445. The summed E-state index contributed by atoms with van der Waals surface area (Å²) in [6.45, 7) is 4.49. The molecular weight excluding hydrogens is 266 g/mol. The molecule has 2 N–H and O–H groups in total. The predicted octanol–water partition coefficient (Wildman–Crippen LogP) is 4.00. The number of phenols is 1. The van der Waals surface area contributed by atoms with Gasteiger partial charge in [0, 0.05) is 17.0 Å². The molecule has 0 radical (unpaired) electrons. The van der Waals surface area contributed by atoms with Gasteiger partial charge in [-0.3, -0.25) is 0 Å². The zero-order valence-corrected chi connectivity index (χ0v) is 13.0. The Morgan fingerprint density at radius 2 is 1.85 bits per heavy atom. The molecule has 0 saturated heterocycles. The first-order valence-electron chi connectivity index (χ1n) is 7.20. The molecule has 2 rings (SSSR count). The number of nitrogens with one attached hydrogen (secondary N) is 1. The molecule has 1 aromatic carbocycles. The van der Waals surface area contributed by atoms with E-state index in [-0.39, 0.29) is 0 Å². The van der Waals surface area contributed by atoms with Crippen LogP contribution in [0.2, 0.25) is 0 Å². The second kappa shape index (κ2) is 7.46. The zero-order valence-electron chi connectivity index (χ0n) is 12.2. The molecule has 20 heavy (non-hydrogen) atoms. The molecule has 2 aromatic rings. The predicted molar refractivity (Wildman–Crippen MR) is 86.5 cm³/mol. The lowest BCUT2D eigenvalue weighted by Crippen LogP contribution is -2.36. The Hall–Kier alpha value is -1.32. The molecule has 0 fully saturated rings. The van der Waals surface area contributed by atoms with Crippen LogP contribution in [0.15, 0.2) is 41.8 Å². The fourth-order valence-corrected chi connectivity index (χ4v) is 3.24. The molecule has 0 aliphatic heterocycles. The van der Waals surface area contributed by atoms with E-state index >= 15 is 0 Å². The average molecular weight is 289 g/mol. The topological polar surface area (TPSA) is 32.3 Å². The fourth-order valence-electron chi connectivity index (χ4n) is 2.40. The highest BCUT2D eigenvalue weighted by atomic mass is 32.1. The first kappa shape index (κ1) is 15.1. The van der Waals surface area contributed by atoms with Crippen molar-refractivity contribution in [2.75, 3.05) is 0 Å². The summed E-state index contributed by atoms with van der Waals surface area (Å²) in [4.78, 5) is 1.44. The smallest absolute Gasteiger partial charge is 0.115 e. The molecule has 0 saturated carbocycles. The average Bonchev–Trinajstić information content (AvgIpc) is 2.90. The summed E-state index contributed by atoms with van der Waals surface area (Å²) in [5.74, 6) is 0.337. The van der Waals surface area contributed by atoms with E-state index in [0.717, 1.165) is 19.3 Å². The number of benzene rings is 1. The van der Waals surface area contributed by atoms with E-state index < -0.39 is 0 Å². The van der Waals surface area contributed by atoms with Crippen LogP contribution in [0, 0.1) is 0 Å². The number of phenolic OH excluding ortho intramolecular Hbond substituents is 1. The van der Waals surface area contributed by atoms with Crippen molar-refractivity contribution < 1.29 is 5.11 Å². The fraction of sp³-hybridized carbons (Fsp3) is 0.412. The van der Waals surface area contributed by atoms with E-state index in [2.05, 4.69) is 36.7 Å². The van der Waals surface area contributed by atoms with Crippen LogP contribution in [0.5, 0.6) is 5.75 Å². The van der Waals surface area contributed by atoms with Gasteiger partial charge in [0.15, 0.2) is 0 Å². The molecule has 3 heteroatoms. The molecule has 108 valence electrons. The van der Waals surface area contributed by atoms with Crippen molar-refractivity contribution in [2.45, 2.75) is 45.2 Å². The minimum absolute atomic E-state index is 0.337. The Morgan fingerprint density at radius 1 is 1.10 bits per heavy atom. The maximum atomic E-state index is 9.26. The van der Waals surface area contributed by atoms with Gasteiger partial charge in [-0.15, -0.1) is 11.3 Å². The normalized spacial score (nSPS) is 14.1. The minimum Gasteiger partial charge on any atom is -0.508 e. The maximum absolute atomic E-state index is 9.26. The lowest BCUT2D eigenvalue weighted by Gasteiger charge is -2.19. The number of thiophene rings is 1. The van der Waals surface area contributed by atoms with Crippen molar-refractivity contribution >= 4 is 11.3 Å². The molecule has 1 heterocycles. The Labute approximate surface area is 125 Å². The summed E-state index contributed by atoms with van der Waals surface area (Å²) in [6, 6.07) is 12.8. The lowest BCUT2D eigenvalue weighted by atomic mass is 10.0. The van der Waals surface area contributed by atoms with Gasteiger partial charge in [-0.2, -0.15) is 0 Å². The summed E-state index contributed by atoms with van der Waals surface area (Å²) in [5.41, 5.74) is 1.28. The third kappa shape index (κ3) is 4.99. The summed E-state index contributed by atoms with van der Waals surface area (Å²) < 4.78 is 0. The Bertz CT molecular complexity index is 492. The summed E-state index contributed by atoms with van der Waals surface area (Å²) in [7, 11) is 0. The van der Waals surface area contributed by atoms with Crippen molar-refractivity contribution in [3.05, 3.63) is 52.2 Å². The van der Waals surface area contributed by atoms with Crippen molar-refractivity contribution in [3.8, 4) is 5.75 Å². The van der Waals surface area contributed by atoms with Gasteiger partial charge >= 0.3 is 0 Å². The van der Waals surface area contributed by atoms with Gasteiger partial charge < -0.3 is 10.4 Å². The van der Waals surface area contributed by atoms with Crippen molar-refractivity contribution in [1.29, 1.82) is 0 Å². The van der Waals surface area contributed by atoms with Gasteiger partial charge in [-0.25, -0.2) is 0 Å². The number of aryl methyl sites for hydroxylation is 1. The summed E-state index contributed by atoms with van der Waals surface area (Å²) >= 11 is 1.83. The van der Waals surface area contributed by atoms with Crippen LogP contribution in [-0.4, -0.2) is 17.2 Å². The molecular formula is C17H23NOS. The van der Waals surface area contributed by atoms with Gasteiger partial charge in [0.1, 0.15) is 5.75 Å². The minimum atomic E-state index is 0.337. The van der Waals surface area contributed by atoms with E-state index in [1.165, 1.54) is 10.4 Å². The highest BCUT2D eigenvalue weighted by Crippen LogP contribution is 2.13. The molecule has 0 aliphatic rings. The molecule has 2 atom stereocenters. The summed E-state index contributed by atoms with van der Waals surface area (Å²) in [6.07, 6.45) is 3.25. The van der Waals surface area contributed by atoms with E-state index in [4.69, 9.17) is 0 Å². The van der Waals surface area contributed by atoms with E-state index in [1.807, 2.05) is 23.5 Å². The van der Waals surface area contributed by atoms with Crippen molar-refractivity contribution in [1.82, 2.24) is 5.32 Å². The second-order valence-corrected chi connectivity index (χ2v) is 6.49. The van der Waals surface area contributed by atoms with Gasteiger partial charge in [-0.05, 0) is 62.3 Å². The van der Waals surface area contributed by atoms with Crippen LogP contribution in [-0.2, 0) is 12.8 Å². The Morgan fingerprint density at radius 3 is 2.50 bits per heavy atom. The summed E-state index contributed by atoms with van der Waals surface area (Å²) in [5, 5.41) is 15.1. The Kier molecular flexibility index (Phi) is 5.62. The van der Waals surface area contributed by atoms with Crippen LogP contribution < -0.4 is 5.32 Å². The zero-order chi connectivity index (χ0) is 14.4. The van der Waals surface area contributed by atoms with Crippen LogP contribution in [0.4, 0.5) is 0 Å². The number of hydrogen-bond donors (Lipinski definition) is 2. The molecule has 2 unspecified atom stereocenters. The molecule has 0 spiro atoms. The second-order valence-electron chi connectivity index (χ2n) is 5.46. The molecule has 1 aromatic heterocycles. The van der Waals surface area contributed by atoms with Gasteiger partial charge in [0.2, 0.25) is 0 Å². The highest BCUT2D eigenvalue weighted by Gasteiger charge is 2.09. The van der Waals surface area contributed by atoms with E-state index in [9.17, 15) is 5.11 Å². The SMILES string of the molecule is CC(CCc1ccc(O)cc1)NC(C)Cc1cccs1. The van der Waals surface area contributed by atoms with Crippen LogP contribution in [0.3, 0.4) is 0 Å². The molecule has 0 bridgehead atoms. The third-order valence-electron chi connectivity index (χ3n) is 3.46. The molecule has 0 amide bonds. The van der Waals surface area contributed by atoms with Crippen molar-refractivity contribution in [3.63, 3.8) is 0 Å². The first-order valence-corrected chi connectivity index (χ1v) is 8.08. The van der Waals surface area contributed by atoms with E-state index in [0.29, 0.717) is 17.8 Å². The monoisotopic (exact) mass is 289 g/mol. The van der Waals surface area contributed by atoms with Gasteiger partial charge in [0.25, 0.3) is 0 Å². The van der Waals surface area contributed by atoms with Crippen molar-refractivity contribution in [2.24, 2.45) is 0 Å². The highest BCUT2D eigenvalue weighted by molar-refractivity contribution is 7.09.